The highest BCUT2D eigenvalue weighted by atomic mass is 19.1. The van der Waals surface area contributed by atoms with Crippen LogP contribution < -0.4 is 5.32 Å². The van der Waals surface area contributed by atoms with Crippen LogP contribution in [-0.2, 0) is 26.5 Å². The van der Waals surface area contributed by atoms with E-state index in [2.05, 4.69) is 5.32 Å². The third-order valence-electron chi connectivity index (χ3n) is 4.55. The van der Waals surface area contributed by atoms with Gasteiger partial charge in [-0.05, 0) is 18.2 Å². The highest BCUT2D eigenvalue weighted by molar-refractivity contribution is 6.24. The second kappa shape index (κ2) is 5.10. The maximum atomic E-state index is 14.0. The lowest BCUT2D eigenvalue weighted by Gasteiger charge is -2.37. The van der Waals surface area contributed by atoms with E-state index in [1.807, 2.05) is 0 Å². The van der Waals surface area contributed by atoms with Gasteiger partial charge in [-0.2, -0.15) is 0 Å². The van der Waals surface area contributed by atoms with Gasteiger partial charge in [0.15, 0.2) is 0 Å². The summed E-state index contributed by atoms with van der Waals surface area (Å²) in [7, 11) is 0. The van der Waals surface area contributed by atoms with E-state index in [-0.39, 0.29) is 17.8 Å². The Morgan fingerprint density at radius 3 is 2.52 bits per heavy atom. The van der Waals surface area contributed by atoms with Gasteiger partial charge in [0.2, 0.25) is 11.4 Å². The van der Waals surface area contributed by atoms with Crippen molar-refractivity contribution in [2.24, 2.45) is 0 Å². The lowest BCUT2D eigenvalue weighted by atomic mass is 9.91. The zero-order valence-corrected chi connectivity index (χ0v) is 12.9. The molecule has 8 heteroatoms. The molecule has 7 nitrogen and oxygen atoms in total. The molecule has 126 valence electrons. The number of imide groups is 2. The molecule has 25 heavy (non-hydrogen) atoms. The lowest BCUT2D eigenvalue weighted by molar-refractivity contribution is -0.147. The number of hydrogen-bond acceptors (Lipinski definition) is 4. The van der Waals surface area contributed by atoms with Crippen molar-refractivity contribution < 1.29 is 23.6 Å². The SMILES string of the molecule is O=C1CC2(C(=O)N1)C(=O)N(Cc1ccccc1F)C(=O)c1cccn12. The molecule has 1 N–H and O–H groups in total. The van der Waals surface area contributed by atoms with Crippen LogP contribution in [0.4, 0.5) is 4.39 Å². The zero-order valence-electron chi connectivity index (χ0n) is 12.9. The van der Waals surface area contributed by atoms with Gasteiger partial charge in [-0.15, -0.1) is 0 Å². The van der Waals surface area contributed by atoms with Gasteiger partial charge in [0.1, 0.15) is 11.5 Å². The number of nitrogens with one attached hydrogen (secondary N) is 1. The predicted octanol–water partition coefficient (Wildman–Crippen LogP) is 0.552. The van der Waals surface area contributed by atoms with Gasteiger partial charge >= 0.3 is 0 Å². The first-order valence-corrected chi connectivity index (χ1v) is 7.57. The van der Waals surface area contributed by atoms with E-state index in [1.54, 1.807) is 6.07 Å². The average Bonchev–Trinajstić information content (AvgIpc) is 3.17. The van der Waals surface area contributed by atoms with Gasteiger partial charge in [0.05, 0.1) is 13.0 Å². The van der Waals surface area contributed by atoms with E-state index >= 15 is 0 Å². The van der Waals surface area contributed by atoms with Crippen molar-refractivity contribution in [1.82, 2.24) is 14.8 Å². The smallest absolute Gasteiger partial charge is 0.277 e. The van der Waals surface area contributed by atoms with Crippen LogP contribution in [0.15, 0.2) is 42.6 Å². The minimum Gasteiger partial charge on any atom is -0.320 e. The van der Waals surface area contributed by atoms with Crippen LogP contribution in [0.5, 0.6) is 0 Å². The molecule has 1 spiro atoms. The molecule has 4 amide bonds. The second-order valence-corrected chi connectivity index (χ2v) is 5.97. The standard InChI is InChI=1S/C17H12FN3O4/c18-11-5-2-1-4-10(11)9-20-14(23)12-6-3-7-21(12)17(16(20)25)8-13(22)19-15(17)24/h1-7H,8-9H2,(H,19,22,24). The van der Waals surface area contributed by atoms with Crippen LogP contribution in [0.25, 0.3) is 0 Å². The van der Waals surface area contributed by atoms with E-state index < -0.39 is 41.4 Å². The molecule has 1 aromatic carbocycles. The number of hydrogen-bond donors (Lipinski definition) is 1. The first kappa shape index (κ1) is 15.3. The molecule has 2 aliphatic rings. The predicted molar refractivity (Wildman–Crippen MR) is 81.5 cm³/mol. The monoisotopic (exact) mass is 341 g/mol. The number of carbonyl (C=O) groups is 4. The normalized spacial score (nSPS) is 22.5. The zero-order chi connectivity index (χ0) is 17.8. The molecule has 1 saturated heterocycles. The van der Waals surface area contributed by atoms with Gasteiger partial charge in [0.25, 0.3) is 17.7 Å². The molecule has 1 unspecified atom stereocenters. The second-order valence-electron chi connectivity index (χ2n) is 5.97. The van der Waals surface area contributed by atoms with E-state index in [0.29, 0.717) is 0 Å². The molecule has 1 aromatic heterocycles. The first-order valence-electron chi connectivity index (χ1n) is 7.57. The summed E-state index contributed by atoms with van der Waals surface area (Å²) in [5.41, 5.74) is -1.60. The molecule has 0 aliphatic carbocycles. The summed E-state index contributed by atoms with van der Waals surface area (Å²) in [6.07, 6.45) is 1.02. The summed E-state index contributed by atoms with van der Waals surface area (Å²) < 4.78 is 15.2. The largest absolute Gasteiger partial charge is 0.320 e. The van der Waals surface area contributed by atoms with Gasteiger partial charge < -0.3 is 4.57 Å². The minimum atomic E-state index is -1.84. The number of benzene rings is 1. The van der Waals surface area contributed by atoms with Crippen molar-refractivity contribution in [3.05, 3.63) is 59.7 Å². The van der Waals surface area contributed by atoms with E-state index in [1.165, 1.54) is 41.1 Å². The van der Waals surface area contributed by atoms with E-state index in [4.69, 9.17) is 0 Å². The number of carbonyl (C=O) groups excluding carboxylic acids is 4. The van der Waals surface area contributed by atoms with E-state index in [9.17, 15) is 23.6 Å². The number of rotatable bonds is 2. The Morgan fingerprint density at radius 2 is 1.84 bits per heavy atom. The van der Waals surface area contributed by atoms with Gasteiger partial charge in [0, 0.05) is 11.8 Å². The molecule has 2 aromatic rings. The van der Waals surface area contributed by atoms with Crippen molar-refractivity contribution in [1.29, 1.82) is 0 Å². The molecular formula is C17H12FN3O4. The highest BCUT2D eigenvalue weighted by Gasteiger charge is 2.60. The van der Waals surface area contributed by atoms with Crippen molar-refractivity contribution in [2.45, 2.75) is 18.5 Å². The number of amides is 4. The fraction of sp³-hybridized carbons (Fsp3) is 0.176. The van der Waals surface area contributed by atoms with Crippen molar-refractivity contribution >= 4 is 23.6 Å². The fourth-order valence-electron chi connectivity index (χ4n) is 3.34. The van der Waals surface area contributed by atoms with E-state index in [0.717, 1.165) is 4.90 Å². The van der Waals surface area contributed by atoms with Crippen molar-refractivity contribution in [3.63, 3.8) is 0 Å². The summed E-state index contributed by atoms with van der Waals surface area (Å²) in [6.45, 7) is -0.321. The molecule has 1 fully saturated rings. The quantitative estimate of drug-likeness (QED) is 0.638. The topological polar surface area (TPSA) is 88.5 Å². The third kappa shape index (κ3) is 1.97. The maximum Gasteiger partial charge on any atom is 0.277 e. The molecule has 0 radical (unpaired) electrons. The lowest BCUT2D eigenvalue weighted by Crippen LogP contribution is -2.60. The Labute approximate surface area is 141 Å². The number of halogens is 1. The molecule has 0 bridgehead atoms. The summed E-state index contributed by atoms with van der Waals surface area (Å²) in [5.74, 6) is -3.43. The Balaban J connectivity index is 1.84. The number of aromatic nitrogens is 1. The van der Waals surface area contributed by atoms with Crippen molar-refractivity contribution in [3.8, 4) is 0 Å². The number of fused-ring (bicyclic) bond motifs is 2. The van der Waals surface area contributed by atoms with Gasteiger partial charge in [-0.3, -0.25) is 29.4 Å². The van der Waals surface area contributed by atoms with Crippen LogP contribution in [0.3, 0.4) is 0 Å². The van der Waals surface area contributed by atoms with Crippen LogP contribution in [0, 0.1) is 5.82 Å². The Morgan fingerprint density at radius 1 is 1.08 bits per heavy atom. The molecule has 2 aliphatic heterocycles. The Hall–Kier alpha value is -3.29. The van der Waals surface area contributed by atoms with Gasteiger partial charge in [-0.1, -0.05) is 18.2 Å². The average molecular weight is 341 g/mol. The Bertz CT molecular complexity index is 951. The summed E-state index contributed by atoms with van der Waals surface area (Å²) >= 11 is 0. The summed E-state index contributed by atoms with van der Waals surface area (Å²) in [6, 6.07) is 8.73. The highest BCUT2D eigenvalue weighted by Crippen LogP contribution is 2.36. The van der Waals surface area contributed by atoms with Crippen LogP contribution in [0.2, 0.25) is 0 Å². The third-order valence-corrected chi connectivity index (χ3v) is 4.55. The van der Waals surface area contributed by atoms with Crippen LogP contribution >= 0.6 is 0 Å². The minimum absolute atomic E-state index is 0.0980. The fourth-order valence-corrected chi connectivity index (χ4v) is 3.34. The molecule has 1 atom stereocenters. The summed E-state index contributed by atoms with van der Waals surface area (Å²) in [5, 5.41) is 2.12. The first-order chi connectivity index (χ1) is 11.9. The molecule has 4 rings (SSSR count). The van der Waals surface area contributed by atoms with Crippen molar-refractivity contribution in [2.75, 3.05) is 0 Å². The van der Waals surface area contributed by atoms with Crippen LogP contribution in [0.1, 0.15) is 22.5 Å². The van der Waals surface area contributed by atoms with Crippen LogP contribution in [-0.4, -0.2) is 33.1 Å². The molecular weight excluding hydrogens is 329 g/mol. The summed E-state index contributed by atoms with van der Waals surface area (Å²) in [4.78, 5) is 50.7. The number of nitrogens with zero attached hydrogens (tertiary/aromatic N) is 2. The molecule has 0 saturated carbocycles. The Kier molecular flexibility index (Phi) is 3.11. The maximum absolute atomic E-state index is 14.0. The molecule has 3 heterocycles. The van der Waals surface area contributed by atoms with Gasteiger partial charge in [-0.25, -0.2) is 4.39 Å².